The lowest BCUT2D eigenvalue weighted by molar-refractivity contribution is -0.138. The molecule has 0 aliphatic rings. The van der Waals surface area contributed by atoms with Gasteiger partial charge in [0.2, 0.25) is 0 Å². The van der Waals surface area contributed by atoms with Crippen molar-refractivity contribution in [3.63, 3.8) is 0 Å². The molecule has 5 heteroatoms. The summed E-state index contributed by atoms with van der Waals surface area (Å²) in [6, 6.07) is 8.58. The molecule has 5 nitrogen and oxygen atoms in total. The number of rotatable bonds is 6. The van der Waals surface area contributed by atoms with Crippen LogP contribution in [0, 0.1) is 5.92 Å². The van der Waals surface area contributed by atoms with Gasteiger partial charge in [0.25, 0.3) is 5.91 Å². The second-order valence-electron chi connectivity index (χ2n) is 4.26. The van der Waals surface area contributed by atoms with Crippen molar-refractivity contribution >= 4 is 11.9 Å². The molecule has 0 bridgehead atoms. The number of aliphatic carboxylic acids is 1. The van der Waals surface area contributed by atoms with Crippen LogP contribution in [-0.4, -0.2) is 28.6 Å². The molecule has 3 N–H and O–H groups in total. The molecule has 0 saturated carbocycles. The second kappa shape index (κ2) is 6.76. The first kappa shape index (κ1) is 14.2. The Bertz CT molecular complexity index is 405. The van der Waals surface area contributed by atoms with Crippen LogP contribution in [-0.2, 0) is 9.59 Å². The smallest absolute Gasteiger partial charge is 0.303 e. The highest BCUT2D eigenvalue weighted by Crippen LogP contribution is 2.12. The molecule has 98 valence electrons. The molecule has 0 aliphatic carbocycles. The number of aliphatic hydroxyl groups excluding tert-OH is 1. The van der Waals surface area contributed by atoms with Crippen molar-refractivity contribution in [2.75, 3.05) is 6.54 Å². The van der Waals surface area contributed by atoms with Crippen molar-refractivity contribution in [1.82, 2.24) is 5.32 Å². The normalized spacial score (nSPS) is 13.7. The van der Waals surface area contributed by atoms with Gasteiger partial charge in [-0.3, -0.25) is 9.59 Å². The maximum absolute atomic E-state index is 11.6. The minimum atomic E-state index is -1.22. The van der Waals surface area contributed by atoms with Crippen LogP contribution in [0.15, 0.2) is 30.3 Å². The molecule has 0 aromatic heterocycles. The third-order valence-electron chi connectivity index (χ3n) is 2.51. The molecule has 0 fully saturated rings. The summed E-state index contributed by atoms with van der Waals surface area (Å²) in [5, 5.41) is 20.9. The third kappa shape index (κ3) is 4.55. The van der Waals surface area contributed by atoms with Gasteiger partial charge in [-0.1, -0.05) is 37.3 Å². The van der Waals surface area contributed by atoms with Gasteiger partial charge >= 0.3 is 5.97 Å². The standard InChI is InChI=1S/C13H17NO4/c1-9(7-11(15)16)8-14-13(18)12(17)10-5-3-2-4-6-10/h2-6,9,12,17H,7-8H2,1H3,(H,14,18)(H,15,16). The molecule has 0 radical (unpaired) electrons. The van der Waals surface area contributed by atoms with Gasteiger partial charge in [-0.15, -0.1) is 0 Å². The van der Waals surface area contributed by atoms with E-state index in [9.17, 15) is 14.7 Å². The van der Waals surface area contributed by atoms with Crippen molar-refractivity contribution in [3.05, 3.63) is 35.9 Å². The molecule has 18 heavy (non-hydrogen) atoms. The fourth-order valence-electron chi connectivity index (χ4n) is 1.53. The molecular weight excluding hydrogens is 234 g/mol. The first-order valence-electron chi connectivity index (χ1n) is 5.73. The minimum Gasteiger partial charge on any atom is -0.481 e. The van der Waals surface area contributed by atoms with Gasteiger partial charge in [-0.2, -0.15) is 0 Å². The summed E-state index contributed by atoms with van der Waals surface area (Å²) in [5.74, 6) is -1.59. The number of hydrogen-bond acceptors (Lipinski definition) is 3. The highest BCUT2D eigenvalue weighted by Gasteiger charge is 2.17. The number of hydrogen-bond donors (Lipinski definition) is 3. The van der Waals surface area contributed by atoms with Crippen LogP contribution in [0.25, 0.3) is 0 Å². The average molecular weight is 251 g/mol. The minimum absolute atomic E-state index is 0.0122. The predicted molar refractivity (Wildman–Crippen MR) is 65.8 cm³/mol. The van der Waals surface area contributed by atoms with Crippen molar-refractivity contribution in [3.8, 4) is 0 Å². The number of benzene rings is 1. The zero-order valence-electron chi connectivity index (χ0n) is 10.2. The molecule has 0 spiro atoms. The number of carboxylic acid groups (broad SMARTS) is 1. The molecule has 2 unspecified atom stereocenters. The van der Waals surface area contributed by atoms with Crippen molar-refractivity contribution in [2.45, 2.75) is 19.4 Å². The molecule has 1 rings (SSSR count). The van der Waals surface area contributed by atoms with E-state index in [2.05, 4.69) is 5.32 Å². The van der Waals surface area contributed by atoms with E-state index < -0.39 is 18.0 Å². The summed E-state index contributed by atoms with van der Waals surface area (Å²) < 4.78 is 0. The van der Waals surface area contributed by atoms with E-state index in [-0.39, 0.29) is 18.9 Å². The quantitative estimate of drug-likeness (QED) is 0.702. The number of carbonyl (C=O) groups is 2. The second-order valence-corrected chi connectivity index (χ2v) is 4.26. The summed E-state index contributed by atoms with van der Waals surface area (Å²) in [4.78, 5) is 22.1. The Hall–Kier alpha value is -1.88. The van der Waals surface area contributed by atoms with Gasteiger partial charge < -0.3 is 15.5 Å². The highest BCUT2D eigenvalue weighted by molar-refractivity contribution is 5.81. The van der Waals surface area contributed by atoms with Crippen LogP contribution < -0.4 is 5.32 Å². The Labute approximate surface area is 105 Å². The first-order chi connectivity index (χ1) is 8.50. The number of carboxylic acids is 1. The van der Waals surface area contributed by atoms with E-state index in [0.29, 0.717) is 5.56 Å². The topological polar surface area (TPSA) is 86.6 Å². The Morgan fingerprint density at radius 1 is 1.28 bits per heavy atom. The molecule has 0 aliphatic heterocycles. The van der Waals surface area contributed by atoms with Crippen LogP contribution in [0.5, 0.6) is 0 Å². The average Bonchev–Trinajstić information content (AvgIpc) is 2.35. The lowest BCUT2D eigenvalue weighted by Gasteiger charge is -2.14. The monoisotopic (exact) mass is 251 g/mol. The zero-order chi connectivity index (χ0) is 13.5. The van der Waals surface area contributed by atoms with Crippen molar-refractivity contribution in [1.29, 1.82) is 0 Å². The fraction of sp³-hybridized carbons (Fsp3) is 0.385. The van der Waals surface area contributed by atoms with E-state index in [0.717, 1.165) is 0 Å². The Morgan fingerprint density at radius 2 is 1.89 bits per heavy atom. The van der Waals surface area contributed by atoms with E-state index in [1.165, 1.54) is 0 Å². The number of carbonyl (C=O) groups excluding carboxylic acids is 1. The summed E-state index contributed by atoms with van der Waals surface area (Å²) in [6.07, 6.45) is -1.23. The third-order valence-corrected chi connectivity index (χ3v) is 2.51. The van der Waals surface area contributed by atoms with Crippen LogP contribution in [0.3, 0.4) is 0 Å². The number of aliphatic hydroxyl groups is 1. The number of nitrogens with one attached hydrogen (secondary N) is 1. The SMILES string of the molecule is CC(CNC(=O)C(O)c1ccccc1)CC(=O)O. The first-order valence-corrected chi connectivity index (χ1v) is 5.73. The van der Waals surface area contributed by atoms with Crippen LogP contribution in [0.4, 0.5) is 0 Å². The maximum Gasteiger partial charge on any atom is 0.303 e. The van der Waals surface area contributed by atoms with Crippen LogP contribution in [0.2, 0.25) is 0 Å². The molecule has 0 heterocycles. The lowest BCUT2D eigenvalue weighted by atomic mass is 10.1. The van der Waals surface area contributed by atoms with E-state index >= 15 is 0 Å². The van der Waals surface area contributed by atoms with Gasteiger partial charge in [-0.25, -0.2) is 0 Å². The summed E-state index contributed by atoms with van der Waals surface area (Å²) >= 11 is 0. The predicted octanol–water partition coefficient (Wildman–Crippen LogP) is 0.947. The summed E-state index contributed by atoms with van der Waals surface area (Å²) in [7, 11) is 0. The van der Waals surface area contributed by atoms with E-state index in [1.54, 1.807) is 37.3 Å². The Balaban J connectivity index is 2.44. The molecule has 1 amide bonds. The zero-order valence-corrected chi connectivity index (χ0v) is 10.2. The van der Waals surface area contributed by atoms with Crippen LogP contribution >= 0.6 is 0 Å². The van der Waals surface area contributed by atoms with E-state index in [1.807, 2.05) is 0 Å². The number of amides is 1. The molecule has 1 aromatic carbocycles. The lowest BCUT2D eigenvalue weighted by Crippen LogP contribution is -2.33. The van der Waals surface area contributed by atoms with Gasteiger partial charge in [0.1, 0.15) is 0 Å². The largest absolute Gasteiger partial charge is 0.481 e. The van der Waals surface area contributed by atoms with Crippen molar-refractivity contribution < 1.29 is 19.8 Å². The summed E-state index contributed by atoms with van der Waals surface area (Å²) in [5.41, 5.74) is 0.515. The molecule has 2 atom stereocenters. The summed E-state index contributed by atoms with van der Waals surface area (Å²) in [6.45, 7) is 1.96. The highest BCUT2D eigenvalue weighted by atomic mass is 16.4. The van der Waals surface area contributed by atoms with Gasteiger partial charge in [-0.05, 0) is 11.5 Å². The van der Waals surface area contributed by atoms with Gasteiger partial charge in [0.05, 0.1) is 0 Å². The molecule has 0 saturated heterocycles. The Kier molecular flexibility index (Phi) is 5.32. The van der Waals surface area contributed by atoms with Gasteiger partial charge in [0, 0.05) is 13.0 Å². The van der Waals surface area contributed by atoms with Gasteiger partial charge in [0.15, 0.2) is 6.10 Å². The maximum atomic E-state index is 11.6. The van der Waals surface area contributed by atoms with Crippen LogP contribution in [0.1, 0.15) is 25.0 Å². The van der Waals surface area contributed by atoms with Crippen molar-refractivity contribution in [2.24, 2.45) is 5.92 Å². The van der Waals surface area contributed by atoms with E-state index in [4.69, 9.17) is 5.11 Å². The fourth-order valence-corrected chi connectivity index (χ4v) is 1.53. The Morgan fingerprint density at radius 3 is 2.44 bits per heavy atom. The molecule has 1 aromatic rings. The molecular formula is C13H17NO4.